The van der Waals surface area contributed by atoms with E-state index in [1.54, 1.807) is 36.4 Å². The van der Waals surface area contributed by atoms with Gasteiger partial charge in [0, 0.05) is 73.4 Å². The van der Waals surface area contributed by atoms with Gasteiger partial charge in [-0.3, -0.25) is 0 Å². The molecule has 0 aliphatic heterocycles. The smallest absolute Gasteiger partial charge is 0.207 e. The lowest BCUT2D eigenvalue weighted by Gasteiger charge is -2.22. The van der Waals surface area contributed by atoms with Gasteiger partial charge in [-0.2, -0.15) is 18.3 Å². The first-order chi connectivity index (χ1) is 57.7. The molecule has 0 atom stereocenters. The number of halogens is 4. The Morgan fingerprint density at radius 1 is 0.271 bits per heavy atom. The summed E-state index contributed by atoms with van der Waals surface area (Å²) in [5.74, 6) is 0.255. The summed E-state index contributed by atoms with van der Waals surface area (Å²) in [5.41, 5.74) is 28.6. The molecule has 0 bridgehead atoms. The first-order valence-electron chi connectivity index (χ1n) is 44.3. The highest BCUT2D eigenvalue weighted by atomic mass is 19.1. The lowest BCUT2D eigenvalue weighted by molar-refractivity contribution is -0.665. The Morgan fingerprint density at radius 2 is 0.517 bits per heavy atom. The van der Waals surface area contributed by atoms with Gasteiger partial charge in [0.2, 0.25) is 22.8 Å². The van der Waals surface area contributed by atoms with Gasteiger partial charge in [0.05, 0.1) is 49.3 Å². The van der Waals surface area contributed by atoms with Crippen molar-refractivity contribution in [1.29, 1.82) is 0 Å². The van der Waals surface area contributed by atoms with Gasteiger partial charge in [-0.25, -0.2) is 17.6 Å². The highest BCUT2D eigenvalue weighted by Gasteiger charge is 2.31. The van der Waals surface area contributed by atoms with Crippen LogP contribution >= 0.6 is 0 Å². The fourth-order valence-electron chi connectivity index (χ4n) is 18.6. The van der Waals surface area contributed by atoms with E-state index in [4.69, 9.17) is 5.48 Å². The molecule has 4 heterocycles. The fourth-order valence-corrected chi connectivity index (χ4v) is 18.6. The number of nitrogens with zero attached hydrogens (tertiary/aromatic N) is 4. The summed E-state index contributed by atoms with van der Waals surface area (Å²) in [7, 11) is 8.18. The lowest BCUT2D eigenvalue weighted by atomic mass is 9.82. The summed E-state index contributed by atoms with van der Waals surface area (Å²) in [6.07, 6.45) is 10.3. The Bertz CT molecular complexity index is 7030. The van der Waals surface area contributed by atoms with E-state index in [1.165, 1.54) is 165 Å². The van der Waals surface area contributed by atoms with E-state index in [-0.39, 0.29) is 34.1 Å². The molecule has 8 heteroatoms. The first-order valence-corrected chi connectivity index (χ1v) is 42.3. The van der Waals surface area contributed by atoms with Gasteiger partial charge < -0.3 is 0 Å². The molecule has 0 spiro atoms. The Labute approximate surface area is 702 Å². The molecule has 600 valence electrons. The summed E-state index contributed by atoms with van der Waals surface area (Å²) in [6, 6.07) is 56.4. The zero-order valence-electron chi connectivity index (χ0n) is 77.3. The minimum absolute atomic E-state index is 0.0296. The minimum Gasteiger partial charge on any atom is -0.207 e. The van der Waals surface area contributed by atoms with Crippen molar-refractivity contribution in [3.8, 4) is 45.0 Å². The van der Waals surface area contributed by atoms with E-state index in [0.29, 0.717) is 36.0 Å². The number of aryl methyl sites for hydroxylation is 4. The van der Waals surface area contributed by atoms with Crippen LogP contribution in [0.15, 0.2) is 194 Å². The van der Waals surface area contributed by atoms with Crippen LogP contribution in [0.25, 0.3) is 131 Å². The molecular weight excluding hydrogens is 1450 g/mol. The van der Waals surface area contributed by atoms with Crippen LogP contribution in [0.5, 0.6) is 0 Å². The van der Waals surface area contributed by atoms with Crippen LogP contribution in [0, 0.1) is 106 Å². The molecule has 2 aliphatic rings. The fraction of sp³-hybridized carbons (Fsp3) is 0.309. The highest BCUT2D eigenvalue weighted by Crippen LogP contribution is 2.45. The van der Waals surface area contributed by atoms with Gasteiger partial charge in [-0.15, -0.1) is 0 Å². The van der Waals surface area contributed by atoms with Gasteiger partial charge in [0.1, 0.15) is 51.5 Å². The zero-order chi connectivity index (χ0) is 87.6. The number of aromatic nitrogens is 4. The van der Waals surface area contributed by atoms with Crippen molar-refractivity contribution < 1.29 is 41.3 Å². The van der Waals surface area contributed by atoms with E-state index in [0.717, 1.165) is 132 Å². The standard InChI is InChI=1S/2C28H29FN.2C27H29FN/c1-17-13-22(20-7-5-6-8-20)16-26(19(17)3)28-25-11-9-21-15-23(29)10-12-24(21)27(25)14-18(2)30(28)4;1-17-13-22(20-7-5-6-8-20)15-25(19(17)3)28-24-12-10-21-9-11-23(29)16-26(21)27(24)14-18(2)30(28)4;1-16-12-20(27(4,5)6)15-24(18(16)3)26-23-10-8-19-14-21(28)9-11-22(19)25(23)13-17(2)29(26)7;1-16-12-20(27(4,5)6)14-23(18(16)3)26-22-11-9-19-8-10-21(28)15-24(19)25(22)13-17(2)29(26)7/h2*9-16,20H,5-8H2,1-4H3;2*8-15H,1-7H3/q4*+1/i2*14D;2*13D. The maximum atomic E-state index is 14.2. The zero-order valence-corrected chi connectivity index (χ0v) is 73.3. The Balaban J connectivity index is 0.000000126. The van der Waals surface area contributed by atoms with Crippen LogP contribution < -0.4 is 18.3 Å². The largest absolute Gasteiger partial charge is 0.220 e. The molecule has 12 aromatic carbocycles. The molecule has 0 amide bonds. The molecule has 0 N–H and O–H groups in total. The maximum Gasteiger partial charge on any atom is 0.220 e. The molecule has 16 aromatic rings. The van der Waals surface area contributed by atoms with E-state index in [9.17, 15) is 17.6 Å². The van der Waals surface area contributed by atoms with Gasteiger partial charge >= 0.3 is 0 Å². The van der Waals surface area contributed by atoms with E-state index >= 15 is 0 Å². The molecule has 0 saturated heterocycles. The highest BCUT2D eigenvalue weighted by molar-refractivity contribution is 6.14. The van der Waals surface area contributed by atoms with Gasteiger partial charge in [0.15, 0.2) is 22.8 Å². The molecule has 2 saturated carbocycles. The maximum absolute atomic E-state index is 14.2. The van der Waals surface area contributed by atoms with Crippen molar-refractivity contribution in [2.75, 3.05) is 0 Å². The minimum atomic E-state index is -0.274. The first kappa shape index (κ1) is 77.0. The topological polar surface area (TPSA) is 15.5 Å². The number of benzene rings is 12. The average Bonchev–Trinajstić information content (AvgIpc) is 0.795. The average molecular weight is 1570 g/mol. The van der Waals surface area contributed by atoms with Crippen LogP contribution in [0.4, 0.5) is 17.6 Å². The number of hydrogen-bond acceptors (Lipinski definition) is 0. The lowest BCUT2D eigenvalue weighted by Crippen LogP contribution is -2.35. The van der Waals surface area contributed by atoms with E-state index < -0.39 is 0 Å². The summed E-state index contributed by atoms with van der Waals surface area (Å²) in [6.45, 7) is 38.8. The quantitative estimate of drug-likeness (QED) is 0.0896. The monoisotopic (exact) mass is 1570 g/mol. The van der Waals surface area contributed by atoms with Crippen LogP contribution in [-0.2, 0) is 39.0 Å². The SMILES string of the molecule is [2H]c1c(C)[n+](C)c(-c2cc(C(C)(C)C)cc(C)c2C)c2ccc3cc(F)ccc3c12.[2H]c1c(C)[n+](C)c(-c2cc(C(C)(C)C)cc(C)c2C)c2ccc3ccc(F)cc3c12.[2H]c1c(C)[n+](C)c(-c2cc(C3CCCC3)cc(C)c2C)c2ccc3cc(F)ccc3c12.[2H]c1c(C)[n+](C)c(-c2cc(C3CCCC3)cc(C)c2C)c2ccc3ccc(F)cc3c12. The van der Waals surface area contributed by atoms with Gasteiger partial charge in [-0.05, 0) is 311 Å². The number of fused-ring (bicyclic) bond motifs is 12. The summed E-state index contributed by atoms with van der Waals surface area (Å²) in [5, 5.41) is 14.6. The van der Waals surface area contributed by atoms with Gasteiger partial charge in [-0.1, -0.05) is 140 Å². The molecule has 4 nitrogen and oxygen atoms in total. The van der Waals surface area contributed by atoms with Crippen molar-refractivity contribution in [3.63, 3.8) is 0 Å². The number of hydrogen-bond donors (Lipinski definition) is 0. The normalized spacial score (nSPS) is 14.0. The molecule has 18 rings (SSSR count). The van der Waals surface area contributed by atoms with Crippen LogP contribution in [0.3, 0.4) is 0 Å². The van der Waals surface area contributed by atoms with E-state index in [2.05, 4.69) is 202 Å². The molecule has 2 fully saturated rings. The Kier molecular flexibility index (Phi) is 20.9. The van der Waals surface area contributed by atoms with Crippen LogP contribution in [-0.4, -0.2) is 0 Å². The Hall–Kier alpha value is -11.0. The Morgan fingerprint density at radius 3 is 0.822 bits per heavy atom. The third-order valence-corrected chi connectivity index (χ3v) is 26.6. The molecule has 2 aliphatic carbocycles. The number of rotatable bonds is 6. The van der Waals surface area contributed by atoms with Crippen molar-refractivity contribution in [2.45, 2.75) is 199 Å². The van der Waals surface area contributed by atoms with Crippen molar-refractivity contribution in [1.82, 2.24) is 0 Å². The van der Waals surface area contributed by atoms with E-state index in [1.807, 2.05) is 78.2 Å². The summed E-state index contributed by atoms with van der Waals surface area (Å²) >= 11 is 0. The predicted molar refractivity (Wildman–Crippen MR) is 489 cm³/mol. The second kappa shape index (κ2) is 32.1. The molecule has 0 radical (unpaired) electrons. The summed E-state index contributed by atoms with van der Waals surface area (Å²) < 4.78 is 100. The summed E-state index contributed by atoms with van der Waals surface area (Å²) in [4.78, 5) is 0. The molecular formula is C110H116F4N4+4. The number of pyridine rings is 4. The van der Waals surface area contributed by atoms with Crippen molar-refractivity contribution in [3.05, 3.63) is 307 Å². The molecule has 118 heavy (non-hydrogen) atoms. The van der Waals surface area contributed by atoms with Crippen LogP contribution in [0.2, 0.25) is 0 Å². The second-order valence-electron chi connectivity index (χ2n) is 36.3. The molecule has 0 unspecified atom stereocenters. The third kappa shape index (κ3) is 15.5. The molecule has 4 aromatic heterocycles. The van der Waals surface area contributed by atoms with Gasteiger partial charge in [0.25, 0.3) is 0 Å². The van der Waals surface area contributed by atoms with Crippen molar-refractivity contribution in [2.24, 2.45) is 28.2 Å². The van der Waals surface area contributed by atoms with Crippen molar-refractivity contribution >= 4 is 86.2 Å². The second-order valence-corrected chi connectivity index (χ2v) is 36.3. The van der Waals surface area contributed by atoms with Crippen LogP contribution in [0.1, 0.15) is 200 Å². The third-order valence-electron chi connectivity index (χ3n) is 26.6. The predicted octanol–water partition coefficient (Wildman–Crippen LogP) is 28.1.